The highest BCUT2D eigenvalue weighted by molar-refractivity contribution is 5.78. The molecule has 1 N–H and O–H groups in total. The zero-order valence-corrected chi connectivity index (χ0v) is 20.6. The maximum atomic E-state index is 14.2. The normalized spacial score (nSPS) is 12.7. The van der Waals surface area contributed by atoms with Crippen molar-refractivity contribution in [3.63, 3.8) is 0 Å². The molecule has 37 heavy (non-hydrogen) atoms. The number of aromatic nitrogens is 2. The second kappa shape index (κ2) is 11.1. The average Bonchev–Trinajstić information content (AvgIpc) is 3.36. The molecule has 5 rings (SSSR count). The predicted molar refractivity (Wildman–Crippen MR) is 142 cm³/mol. The molecule has 3 aromatic carbocycles. The van der Waals surface area contributed by atoms with Crippen LogP contribution < -0.4 is 10.1 Å². The van der Waals surface area contributed by atoms with Gasteiger partial charge in [-0.25, -0.2) is 9.37 Å². The molecule has 0 aliphatic rings. The smallest absolute Gasteiger partial charge is 0.221 e. The van der Waals surface area contributed by atoms with Gasteiger partial charge in [0, 0.05) is 24.7 Å². The third-order valence-corrected chi connectivity index (χ3v) is 6.44. The maximum absolute atomic E-state index is 14.2. The Bertz CT molecular complexity index is 1480. The van der Waals surface area contributed by atoms with Crippen LogP contribution in [0, 0.1) is 5.82 Å². The average molecular weight is 494 g/mol. The summed E-state index contributed by atoms with van der Waals surface area (Å²) in [6.45, 7) is 2.37. The summed E-state index contributed by atoms with van der Waals surface area (Å²) in [6, 6.07) is 29.7. The van der Waals surface area contributed by atoms with Crippen molar-refractivity contribution in [2.24, 2.45) is 0 Å². The summed E-state index contributed by atoms with van der Waals surface area (Å²) in [7, 11) is 0. The van der Waals surface area contributed by atoms with Gasteiger partial charge in [-0.3, -0.25) is 4.79 Å². The van der Waals surface area contributed by atoms with Crippen molar-refractivity contribution in [1.82, 2.24) is 14.7 Å². The van der Waals surface area contributed by atoms with Crippen molar-refractivity contribution >= 4 is 11.6 Å². The monoisotopic (exact) mass is 493 g/mol. The second-order valence-electron chi connectivity index (χ2n) is 9.03. The van der Waals surface area contributed by atoms with Crippen molar-refractivity contribution in [1.29, 1.82) is 0 Å². The highest BCUT2D eigenvalue weighted by atomic mass is 19.1. The van der Waals surface area contributed by atoms with Gasteiger partial charge < -0.3 is 14.5 Å². The molecule has 0 unspecified atom stereocenters. The number of nitrogens with zero attached hydrogens (tertiary/aromatic N) is 2. The van der Waals surface area contributed by atoms with Crippen LogP contribution in [-0.2, 0) is 11.4 Å². The van der Waals surface area contributed by atoms with E-state index in [9.17, 15) is 9.18 Å². The minimum absolute atomic E-state index is 0.128. The Morgan fingerprint density at radius 2 is 1.68 bits per heavy atom. The van der Waals surface area contributed by atoms with Gasteiger partial charge >= 0.3 is 0 Å². The Kier molecular flexibility index (Phi) is 7.26. The highest BCUT2D eigenvalue weighted by Crippen LogP contribution is 2.32. The first kappa shape index (κ1) is 24.3. The number of carbonyl (C=O) groups excluding carboxylic acids is 1. The van der Waals surface area contributed by atoms with Gasteiger partial charge in [0.05, 0.1) is 11.7 Å². The number of imidazole rings is 1. The summed E-state index contributed by atoms with van der Waals surface area (Å²) in [4.78, 5) is 17.8. The Morgan fingerprint density at radius 3 is 2.43 bits per heavy atom. The number of hydrogen-bond acceptors (Lipinski definition) is 3. The summed E-state index contributed by atoms with van der Waals surface area (Å²) in [5.41, 5.74) is 4.22. The van der Waals surface area contributed by atoms with E-state index in [1.807, 2.05) is 96.4 Å². The number of benzene rings is 3. The zero-order valence-electron chi connectivity index (χ0n) is 20.6. The van der Waals surface area contributed by atoms with Gasteiger partial charge in [0.15, 0.2) is 11.4 Å². The number of hydrogen-bond donors (Lipinski definition) is 1. The lowest BCUT2D eigenvalue weighted by atomic mass is 9.92. The molecule has 0 radical (unpaired) electrons. The lowest BCUT2D eigenvalue weighted by molar-refractivity contribution is -0.122. The first-order valence-electron chi connectivity index (χ1n) is 12.3. The lowest BCUT2D eigenvalue weighted by Gasteiger charge is -2.20. The molecule has 0 aliphatic carbocycles. The van der Waals surface area contributed by atoms with Crippen LogP contribution in [0.3, 0.4) is 0 Å². The van der Waals surface area contributed by atoms with Gasteiger partial charge in [-0.15, -0.1) is 0 Å². The first-order chi connectivity index (χ1) is 18.1. The summed E-state index contributed by atoms with van der Waals surface area (Å²) >= 11 is 0. The number of pyridine rings is 1. The molecule has 5 aromatic rings. The van der Waals surface area contributed by atoms with E-state index in [0.717, 1.165) is 16.8 Å². The van der Waals surface area contributed by atoms with E-state index in [1.165, 1.54) is 12.1 Å². The van der Waals surface area contributed by atoms with Gasteiger partial charge in [0.25, 0.3) is 0 Å². The molecule has 0 saturated carbocycles. The lowest BCUT2D eigenvalue weighted by Crippen LogP contribution is -2.28. The fourth-order valence-electron chi connectivity index (χ4n) is 4.54. The Morgan fingerprint density at radius 1 is 0.946 bits per heavy atom. The third-order valence-electron chi connectivity index (χ3n) is 6.44. The molecule has 5 nitrogen and oxygen atoms in total. The number of rotatable bonds is 9. The Labute approximate surface area is 215 Å². The standard InChI is InChI=1S/C31H28FN3O2/c1-22(24-12-6-3-7-13-24)34-30(36)19-27(25-14-8-15-26(32)18-25)28-20-33-31-29(16-9-17-35(28)31)37-21-23-10-4-2-5-11-23/h2-18,20,22,27H,19,21H2,1H3,(H,34,36)/t22-,27-/m0/s1. The van der Waals surface area contributed by atoms with Gasteiger partial charge in [-0.2, -0.15) is 0 Å². The third kappa shape index (κ3) is 5.70. The van der Waals surface area contributed by atoms with Crippen molar-refractivity contribution in [3.05, 3.63) is 138 Å². The molecular weight excluding hydrogens is 465 g/mol. The zero-order chi connectivity index (χ0) is 25.6. The topological polar surface area (TPSA) is 55.6 Å². The fourth-order valence-corrected chi connectivity index (χ4v) is 4.54. The van der Waals surface area contributed by atoms with Gasteiger partial charge in [-0.1, -0.05) is 72.8 Å². The molecule has 2 aromatic heterocycles. The van der Waals surface area contributed by atoms with Crippen LogP contribution >= 0.6 is 0 Å². The van der Waals surface area contributed by atoms with Crippen molar-refractivity contribution in [2.75, 3.05) is 0 Å². The maximum Gasteiger partial charge on any atom is 0.221 e. The summed E-state index contributed by atoms with van der Waals surface area (Å²) < 4.78 is 22.2. The minimum Gasteiger partial charge on any atom is -0.485 e. The fraction of sp³-hybridized carbons (Fsp3) is 0.161. The molecule has 1 amide bonds. The molecule has 6 heteroatoms. The van der Waals surface area contributed by atoms with E-state index < -0.39 is 5.92 Å². The number of halogens is 1. The minimum atomic E-state index is -0.405. The first-order valence-corrected chi connectivity index (χ1v) is 12.3. The van der Waals surface area contributed by atoms with Crippen LogP contribution in [0.15, 0.2) is 109 Å². The molecule has 2 heterocycles. The van der Waals surface area contributed by atoms with Gasteiger partial charge in [0.1, 0.15) is 12.4 Å². The van der Waals surface area contributed by atoms with Crippen molar-refractivity contribution < 1.29 is 13.9 Å². The molecule has 186 valence electrons. The second-order valence-corrected chi connectivity index (χ2v) is 9.03. The Balaban J connectivity index is 1.43. The Hall–Kier alpha value is -4.45. The molecule has 2 atom stereocenters. The van der Waals surface area contributed by atoms with E-state index in [-0.39, 0.29) is 24.2 Å². The summed E-state index contributed by atoms with van der Waals surface area (Å²) in [6.07, 6.45) is 3.78. The number of carbonyl (C=O) groups is 1. The van der Waals surface area contributed by atoms with Crippen LogP contribution in [-0.4, -0.2) is 15.3 Å². The predicted octanol–water partition coefficient (Wildman–Crippen LogP) is 6.45. The molecule has 0 saturated heterocycles. The molecule has 0 spiro atoms. The number of ether oxygens (including phenoxy) is 1. The van der Waals surface area contributed by atoms with E-state index in [0.29, 0.717) is 23.6 Å². The van der Waals surface area contributed by atoms with Crippen molar-refractivity contribution in [3.8, 4) is 5.75 Å². The van der Waals surface area contributed by atoms with E-state index in [1.54, 1.807) is 12.3 Å². The van der Waals surface area contributed by atoms with Crippen LogP contribution in [0.5, 0.6) is 5.75 Å². The SMILES string of the molecule is C[C@H](NC(=O)C[C@@H](c1cccc(F)c1)c1cnc2c(OCc3ccccc3)cccn12)c1ccccc1. The quantitative estimate of drug-likeness (QED) is 0.257. The van der Waals surface area contributed by atoms with Crippen LogP contribution in [0.2, 0.25) is 0 Å². The number of fused-ring (bicyclic) bond motifs is 1. The number of nitrogens with one attached hydrogen (secondary N) is 1. The van der Waals surface area contributed by atoms with Crippen LogP contribution in [0.1, 0.15) is 47.7 Å². The van der Waals surface area contributed by atoms with Crippen LogP contribution in [0.25, 0.3) is 5.65 Å². The summed E-state index contributed by atoms with van der Waals surface area (Å²) in [5, 5.41) is 3.08. The van der Waals surface area contributed by atoms with E-state index in [2.05, 4.69) is 10.3 Å². The van der Waals surface area contributed by atoms with E-state index in [4.69, 9.17) is 4.74 Å². The summed E-state index contributed by atoms with van der Waals surface area (Å²) in [5.74, 6) is -0.242. The largest absolute Gasteiger partial charge is 0.485 e. The molecule has 0 aliphatic heterocycles. The van der Waals surface area contributed by atoms with Gasteiger partial charge in [-0.05, 0) is 47.9 Å². The molecular formula is C31H28FN3O2. The van der Waals surface area contributed by atoms with E-state index >= 15 is 0 Å². The van der Waals surface area contributed by atoms with Gasteiger partial charge in [0.2, 0.25) is 5.91 Å². The number of amides is 1. The van der Waals surface area contributed by atoms with Crippen molar-refractivity contribution in [2.45, 2.75) is 31.9 Å². The molecule has 0 bridgehead atoms. The van der Waals surface area contributed by atoms with Crippen LogP contribution in [0.4, 0.5) is 4.39 Å². The highest BCUT2D eigenvalue weighted by Gasteiger charge is 2.24. The molecule has 0 fully saturated rings.